The van der Waals surface area contributed by atoms with Crippen LogP contribution < -0.4 is 4.74 Å². The van der Waals surface area contributed by atoms with Crippen molar-refractivity contribution in [3.63, 3.8) is 0 Å². The fourth-order valence-corrected chi connectivity index (χ4v) is 1.87. The minimum Gasteiger partial charge on any atom is -0.494 e. The molecule has 0 aromatic heterocycles. The molecule has 0 atom stereocenters. The molecule has 0 heterocycles. The van der Waals surface area contributed by atoms with E-state index >= 15 is 0 Å². The molecule has 98 valence electrons. The van der Waals surface area contributed by atoms with E-state index < -0.39 is 11.9 Å². The number of carboxylic acid groups (broad SMARTS) is 2. The number of hydrogen-bond donors (Lipinski definition) is 2. The molecule has 18 heavy (non-hydrogen) atoms. The number of hydrogen-bond acceptors (Lipinski definition) is 4. The van der Waals surface area contributed by atoms with Gasteiger partial charge in [0.1, 0.15) is 5.75 Å². The van der Waals surface area contributed by atoms with Gasteiger partial charge in [-0.05, 0) is 30.4 Å². The Morgan fingerprint density at radius 1 is 1.28 bits per heavy atom. The van der Waals surface area contributed by atoms with Gasteiger partial charge in [0, 0.05) is 0 Å². The van der Waals surface area contributed by atoms with Crippen LogP contribution in [0.2, 0.25) is 0 Å². The first-order valence-corrected chi connectivity index (χ1v) is 6.51. The van der Waals surface area contributed by atoms with Gasteiger partial charge < -0.3 is 14.9 Å². The highest BCUT2D eigenvalue weighted by atomic mass is 32.2. The van der Waals surface area contributed by atoms with Crippen molar-refractivity contribution < 1.29 is 24.5 Å². The summed E-state index contributed by atoms with van der Waals surface area (Å²) in [6, 6.07) is 6.28. The Bertz CT molecular complexity index is 419. The third kappa shape index (κ3) is 5.58. The third-order valence-corrected chi connectivity index (χ3v) is 3.04. The SMILES string of the molecule is O=C(O)CSCCCOc1cccc(C(=O)O)c1. The Labute approximate surface area is 109 Å². The van der Waals surface area contributed by atoms with Crippen molar-refractivity contribution in [1.82, 2.24) is 0 Å². The summed E-state index contributed by atoms with van der Waals surface area (Å²) in [4.78, 5) is 21.0. The predicted octanol–water partition coefficient (Wildman–Crippen LogP) is 1.97. The quantitative estimate of drug-likeness (QED) is 0.703. The van der Waals surface area contributed by atoms with Crippen LogP contribution >= 0.6 is 11.8 Å². The summed E-state index contributed by atoms with van der Waals surface area (Å²) < 4.78 is 5.38. The summed E-state index contributed by atoms with van der Waals surface area (Å²) >= 11 is 1.33. The Morgan fingerprint density at radius 2 is 2.06 bits per heavy atom. The Morgan fingerprint density at radius 3 is 2.72 bits per heavy atom. The molecule has 0 saturated heterocycles. The molecule has 1 aromatic carbocycles. The first-order chi connectivity index (χ1) is 8.59. The second-order valence-corrected chi connectivity index (χ2v) is 4.59. The fraction of sp³-hybridized carbons (Fsp3) is 0.333. The zero-order valence-electron chi connectivity index (χ0n) is 9.67. The van der Waals surface area contributed by atoms with Crippen LogP contribution in [0.5, 0.6) is 5.75 Å². The van der Waals surface area contributed by atoms with Gasteiger partial charge in [-0.1, -0.05) is 6.07 Å². The first kappa shape index (κ1) is 14.4. The van der Waals surface area contributed by atoms with Crippen molar-refractivity contribution in [1.29, 1.82) is 0 Å². The van der Waals surface area contributed by atoms with Gasteiger partial charge in [0.15, 0.2) is 0 Å². The molecule has 6 heteroatoms. The van der Waals surface area contributed by atoms with Gasteiger partial charge in [0.2, 0.25) is 0 Å². The molecule has 0 fully saturated rings. The lowest BCUT2D eigenvalue weighted by Crippen LogP contribution is -2.03. The van der Waals surface area contributed by atoms with E-state index in [1.807, 2.05) is 0 Å². The molecule has 5 nitrogen and oxygen atoms in total. The number of aliphatic carboxylic acids is 1. The van der Waals surface area contributed by atoms with Crippen LogP contribution in [0.15, 0.2) is 24.3 Å². The summed E-state index contributed by atoms with van der Waals surface area (Å²) in [6.45, 7) is 0.440. The van der Waals surface area contributed by atoms with E-state index in [-0.39, 0.29) is 11.3 Å². The van der Waals surface area contributed by atoms with E-state index in [4.69, 9.17) is 14.9 Å². The van der Waals surface area contributed by atoms with Crippen molar-refractivity contribution in [2.75, 3.05) is 18.1 Å². The van der Waals surface area contributed by atoms with Gasteiger partial charge >= 0.3 is 11.9 Å². The maximum atomic E-state index is 10.7. The van der Waals surface area contributed by atoms with E-state index in [1.165, 1.54) is 23.9 Å². The molecule has 1 aromatic rings. The Balaban J connectivity index is 2.25. The molecule has 0 saturated carbocycles. The molecule has 0 unspecified atom stereocenters. The lowest BCUT2D eigenvalue weighted by atomic mass is 10.2. The number of carboxylic acids is 2. The van der Waals surface area contributed by atoms with E-state index in [0.717, 1.165) is 6.42 Å². The van der Waals surface area contributed by atoms with Gasteiger partial charge in [-0.25, -0.2) is 4.79 Å². The predicted molar refractivity (Wildman–Crippen MR) is 68.5 cm³/mol. The van der Waals surface area contributed by atoms with E-state index in [2.05, 4.69) is 0 Å². The van der Waals surface area contributed by atoms with Gasteiger partial charge in [-0.2, -0.15) is 11.8 Å². The number of thioether (sulfide) groups is 1. The number of aromatic carboxylic acids is 1. The first-order valence-electron chi connectivity index (χ1n) is 5.35. The minimum absolute atomic E-state index is 0.0918. The van der Waals surface area contributed by atoms with Crippen LogP contribution in [0.25, 0.3) is 0 Å². The van der Waals surface area contributed by atoms with Crippen molar-refractivity contribution in [3.8, 4) is 5.75 Å². The van der Waals surface area contributed by atoms with Crippen LogP contribution in [0.3, 0.4) is 0 Å². The van der Waals surface area contributed by atoms with Crippen molar-refractivity contribution in [3.05, 3.63) is 29.8 Å². The lowest BCUT2D eigenvalue weighted by Gasteiger charge is -2.06. The smallest absolute Gasteiger partial charge is 0.335 e. The number of rotatable bonds is 8. The van der Waals surface area contributed by atoms with Gasteiger partial charge in [-0.3, -0.25) is 4.79 Å². The highest BCUT2D eigenvalue weighted by molar-refractivity contribution is 7.99. The molecule has 0 bridgehead atoms. The second-order valence-electron chi connectivity index (χ2n) is 3.48. The van der Waals surface area contributed by atoms with Crippen LogP contribution in [0.1, 0.15) is 16.8 Å². The molecule has 1 rings (SSSR count). The average molecular weight is 270 g/mol. The van der Waals surface area contributed by atoms with Crippen LogP contribution in [0.4, 0.5) is 0 Å². The van der Waals surface area contributed by atoms with Gasteiger partial charge in [-0.15, -0.1) is 0 Å². The largest absolute Gasteiger partial charge is 0.494 e. The van der Waals surface area contributed by atoms with Crippen molar-refractivity contribution >= 4 is 23.7 Å². The van der Waals surface area contributed by atoms with Crippen LogP contribution in [0, 0.1) is 0 Å². The summed E-state index contributed by atoms with van der Waals surface area (Å²) in [5.41, 5.74) is 0.188. The Kier molecular flexibility index (Phi) is 6.07. The average Bonchev–Trinajstić information content (AvgIpc) is 2.33. The van der Waals surface area contributed by atoms with Crippen LogP contribution in [-0.2, 0) is 4.79 Å². The number of ether oxygens (including phenoxy) is 1. The van der Waals surface area contributed by atoms with Crippen molar-refractivity contribution in [2.45, 2.75) is 6.42 Å². The third-order valence-electron chi connectivity index (χ3n) is 2.01. The molecule has 2 N–H and O–H groups in total. The fourth-order valence-electron chi connectivity index (χ4n) is 1.23. The van der Waals surface area contributed by atoms with Gasteiger partial charge in [0.25, 0.3) is 0 Å². The molecule has 0 radical (unpaired) electrons. The van der Waals surface area contributed by atoms with E-state index in [1.54, 1.807) is 12.1 Å². The van der Waals surface area contributed by atoms with Gasteiger partial charge in [0.05, 0.1) is 17.9 Å². The maximum Gasteiger partial charge on any atom is 0.335 e. The number of benzene rings is 1. The molecule has 0 spiro atoms. The monoisotopic (exact) mass is 270 g/mol. The number of carbonyl (C=O) groups is 2. The molecule has 0 aliphatic heterocycles. The second kappa shape index (κ2) is 7.60. The van der Waals surface area contributed by atoms with Crippen molar-refractivity contribution in [2.24, 2.45) is 0 Å². The molecular formula is C12H14O5S. The molecule has 0 amide bonds. The summed E-state index contributed by atoms with van der Waals surface area (Å²) in [5.74, 6) is -0.509. The van der Waals surface area contributed by atoms with E-state index in [0.29, 0.717) is 18.1 Å². The zero-order chi connectivity index (χ0) is 13.4. The summed E-state index contributed by atoms with van der Waals surface area (Å²) in [7, 11) is 0. The summed E-state index contributed by atoms with van der Waals surface area (Å²) in [5, 5.41) is 17.2. The Hall–Kier alpha value is -1.69. The molecule has 0 aliphatic carbocycles. The normalized spacial score (nSPS) is 10.0. The highest BCUT2D eigenvalue weighted by Gasteiger charge is 2.03. The molecular weight excluding hydrogens is 256 g/mol. The maximum absolute atomic E-state index is 10.7. The highest BCUT2D eigenvalue weighted by Crippen LogP contribution is 2.14. The standard InChI is InChI=1S/C12H14O5S/c13-11(14)8-18-6-2-5-17-10-4-1-3-9(7-10)12(15)16/h1,3-4,7H,2,5-6,8H2,(H,13,14)(H,15,16). The minimum atomic E-state index is -0.988. The lowest BCUT2D eigenvalue weighted by molar-refractivity contribution is -0.133. The van der Waals surface area contributed by atoms with E-state index in [9.17, 15) is 9.59 Å². The zero-order valence-corrected chi connectivity index (χ0v) is 10.5. The topological polar surface area (TPSA) is 83.8 Å². The van der Waals surface area contributed by atoms with Crippen LogP contribution in [-0.4, -0.2) is 40.3 Å². The molecule has 0 aliphatic rings. The summed E-state index contributed by atoms with van der Waals surface area (Å²) in [6.07, 6.45) is 0.718.